The zero-order chi connectivity index (χ0) is 20.0. The topological polar surface area (TPSA) is 116 Å². The lowest BCUT2D eigenvalue weighted by Crippen LogP contribution is -2.08. The molecule has 0 radical (unpaired) electrons. The van der Waals surface area contributed by atoms with Gasteiger partial charge in [0.15, 0.2) is 0 Å². The summed E-state index contributed by atoms with van der Waals surface area (Å²) in [5.41, 5.74) is -0.588. The van der Waals surface area contributed by atoms with E-state index in [0.29, 0.717) is 0 Å². The first-order valence-corrected chi connectivity index (χ1v) is 8.04. The van der Waals surface area contributed by atoms with Crippen molar-refractivity contribution in [3.8, 4) is 5.88 Å². The lowest BCUT2D eigenvalue weighted by molar-refractivity contribution is -0.388. The summed E-state index contributed by atoms with van der Waals surface area (Å²) in [6.07, 6.45) is -5.70. The number of sulfone groups is 1. The summed E-state index contributed by atoms with van der Waals surface area (Å²) >= 11 is 0. The van der Waals surface area contributed by atoms with Crippen LogP contribution in [-0.4, -0.2) is 37.9 Å². The molecule has 0 spiro atoms. The Morgan fingerprint density at radius 3 is 2.12 bits per heavy atom. The highest BCUT2D eigenvalue weighted by atomic mass is 32.2. The Morgan fingerprint density at radius 1 is 1.15 bits per heavy atom. The number of hydrogen-bond acceptors (Lipinski definition) is 7. The van der Waals surface area contributed by atoms with E-state index in [9.17, 15) is 31.7 Å². The molecule has 0 saturated carbocycles. The number of aromatic nitrogens is 1. The molecular formula is C14H11F3N2O6S. The molecule has 26 heavy (non-hydrogen) atoms. The van der Waals surface area contributed by atoms with Crippen LogP contribution in [0.2, 0.25) is 0 Å². The van der Waals surface area contributed by atoms with Crippen LogP contribution >= 0.6 is 0 Å². The Bertz CT molecular complexity index is 885. The highest BCUT2D eigenvalue weighted by Crippen LogP contribution is 2.29. The van der Waals surface area contributed by atoms with Gasteiger partial charge in [0.05, 0.1) is 16.9 Å². The number of methoxy groups -OCH3 is 1. The summed E-state index contributed by atoms with van der Waals surface area (Å²) in [5, 5.41) is 10.3. The van der Waals surface area contributed by atoms with Gasteiger partial charge in [-0.15, -0.1) is 0 Å². The van der Waals surface area contributed by atoms with Crippen LogP contribution in [0.5, 0.6) is 5.88 Å². The molecule has 0 atom stereocenters. The third-order valence-corrected chi connectivity index (χ3v) is 4.36. The summed E-state index contributed by atoms with van der Waals surface area (Å²) < 4.78 is 60.9. The molecule has 1 heterocycles. The van der Waals surface area contributed by atoms with Crippen molar-refractivity contribution in [3.05, 3.63) is 52.6 Å². The lowest BCUT2D eigenvalue weighted by Gasteiger charge is -2.06. The predicted molar refractivity (Wildman–Crippen MR) is 81.5 cm³/mol. The van der Waals surface area contributed by atoms with Crippen molar-refractivity contribution >= 4 is 21.8 Å². The van der Waals surface area contributed by atoms with Crippen LogP contribution in [-0.2, 0) is 14.6 Å². The molecule has 0 saturated heterocycles. The second kappa shape index (κ2) is 8.38. The minimum Gasteiger partial charge on any atom is -0.481 e. The van der Waals surface area contributed by atoms with Gasteiger partial charge in [-0.25, -0.2) is 8.42 Å². The molecule has 1 aromatic heterocycles. The molecule has 0 unspecified atom stereocenters. The van der Waals surface area contributed by atoms with E-state index in [1.54, 1.807) is 6.07 Å². The Hall–Kier alpha value is -3.02. The van der Waals surface area contributed by atoms with Crippen LogP contribution in [0.4, 0.5) is 18.9 Å². The number of alkyl halides is 3. The van der Waals surface area contributed by atoms with Crippen LogP contribution in [0.15, 0.2) is 52.4 Å². The van der Waals surface area contributed by atoms with Crippen molar-refractivity contribution in [3.63, 3.8) is 0 Å². The molecule has 0 aliphatic rings. The number of rotatable bonds is 4. The average Bonchev–Trinajstić information content (AvgIpc) is 2.61. The maximum Gasteiger partial charge on any atom is 0.446 e. The quantitative estimate of drug-likeness (QED) is 0.446. The van der Waals surface area contributed by atoms with E-state index in [1.807, 2.05) is 0 Å². The number of ether oxygens (including phenoxy) is 1. The monoisotopic (exact) mass is 392 g/mol. The highest BCUT2D eigenvalue weighted by Gasteiger charge is 2.30. The van der Waals surface area contributed by atoms with E-state index in [0.717, 1.165) is 6.07 Å². The van der Waals surface area contributed by atoms with E-state index in [1.165, 1.54) is 37.4 Å². The molecule has 2 rings (SSSR count). The summed E-state index contributed by atoms with van der Waals surface area (Å²) in [7, 11) is -2.78. The molecule has 2 aromatic rings. The second-order valence-electron chi connectivity index (χ2n) is 4.41. The van der Waals surface area contributed by atoms with Crippen LogP contribution in [0.3, 0.4) is 0 Å². The molecule has 0 aliphatic carbocycles. The van der Waals surface area contributed by atoms with Crippen molar-refractivity contribution in [2.75, 3.05) is 7.11 Å². The zero-order valence-corrected chi connectivity index (χ0v) is 13.8. The predicted octanol–water partition coefficient (Wildman–Crippen LogP) is 2.58. The van der Waals surface area contributed by atoms with Crippen molar-refractivity contribution in [2.45, 2.75) is 16.1 Å². The van der Waals surface area contributed by atoms with Crippen LogP contribution in [0.25, 0.3) is 0 Å². The van der Waals surface area contributed by atoms with Gasteiger partial charge in [-0.1, -0.05) is 18.2 Å². The molecule has 0 aliphatic heterocycles. The first-order chi connectivity index (χ1) is 12.0. The molecule has 140 valence electrons. The third-order valence-electron chi connectivity index (χ3n) is 2.66. The van der Waals surface area contributed by atoms with E-state index < -0.39 is 37.9 Å². The highest BCUT2D eigenvalue weighted by molar-refractivity contribution is 7.91. The SMILES string of the molecule is COc1ccc([N+](=O)[O-])c(S(=O)(=O)c2ccccc2)n1.O=CC(F)(F)F. The summed E-state index contributed by atoms with van der Waals surface area (Å²) in [4.78, 5) is 22.5. The van der Waals surface area contributed by atoms with Crippen molar-refractivity contribution in [1.29, 1.82) is 0 Å². The standard InChI is InChI=1S/C12H10N2O5S.C2HF3O/c1-19-11-8-7-10(14(15)16)12(13-11)20(17,18)9-5-3-2-4-6-9;3-2(4,5)1-6/h2-8H,1H3;1H. The van der Waals surface area contributed by atoms with Crippen molar-refractivity contribution in [1.82, 2.24) is 4.98 Å². The maximum atomic E-state index is 12.4. The summed E-state index contributed by atoms with van der Waals surface area (Å²) in [6.45, 7) is 0. The van der Waals surface area contributed by atoms with Gasteiger partial charge in [0, 0.05) is 12.1 Å². The first-order valence-electron chi connectivity index (χ1n) is 6.55. The van der Waals surface area contributed by atoms with Gasteiger partial charge in [0.1, 0.15) is 0 Å². The summed E-state index contributed by atoms with van der Waals surface area (Å²) in [6, 6.07) is 9.69. The second-order valence-corrected chi connectivity index (χ2v) is 6.28. The minimum atomic E-state index is -4.64. The molecule has 0 N–H and O–H groups in total. The Balaban J connectivity index is 0.000000487. The van der Waals surface area contributed by atoms with Gasteiger partial charge in [-0.2, -0.15) is 18.2 Å². The number of pyridine rings is 1. The van der Waals surface area contributed by atoms with E-state index in [-0.39, 0.29) is 10.8 Å². The van der Waals surface area contributed by atoms with Crippen LogP contribution < -0.4 is 4.74 Å². The average molecular weight is 392 g/mol. The van der Waals surface area contributed by atoms with Gasteiger partial charge in [0.2, 0.25) is 27.0 Å². The van der Waals surface area contributed by atoms with Gasteiger partial charge >= 0.3 is 11.9 Å². The van der Waals surface area contributed by atoms with Gasteiger partial charge in [-0.3, -0.25) is 14.9 Å². The fourth-order valence-corrected chi connectivity index (χ4v) is 2.94. The van der Waals surface area contributed by atoms with Gasteiger partial charge < -0.3 is 4.74 Å². The Kier molecular flexibility index (Phi) is 6.78. The maximum absolute atomic E-state index is 12.4. The molecular weight excluding hydrogens is 381 g/mol. The van der Waals surface area contributed by atoms with E-state index in [2.05, 4.69) is 4.98 Å². The number of nitro groups is 1. The van der Waals surface area contributed by atoms with Gasteiger partial charge in [-0.05, 0) is 12.1 Å². The van der Waals surface area contributed by atoms with Gasteiger partial charge in [0.25, 0.3) is 0 Å². The smallest absolute Gasteiger partial charge is 0.446 e. The van der Waals surface area contributed by atoms with E-state index >= 15 is 0 Å². The van der Waals surface area contributed by atoms with Crippen molar-refractivity contribution < 1.29 is 36.0 Å². The van der Waals surface area contributed by atoms with Crippen molar-refractivity contribution in [2.24, 2.45) is 0 Å². The fourth-order valence-electron chi connectivity index (χ4n) is 1.58. The molecule has 12 heteroatoms. The molecule has 0 amide bonds. The molecule has 0 fully saturated rings. The van der Waals surface area contributed by atoms with E-state index in [4.69, 9.17) is 9.53 Å². The molecule has 8 nitrogen and oxygen atoms in total. The van der Waals surface area contributed by atoms with Crippen LogP contribution in [0.1, 0.15) is 0 Å². The molecule has 1 aromatic carbocycles. The Labute approximate surface area is 145 Å². The summed E-state index contributed by atoms with van der Waals surface area (Å²) in [5.74, 6) is -0.00916. The lowest BCUT2D eigenvalue weighted by atomic mass is 10.4. The number of halogens is 3. The number of hydrogen-bond donors (Lipinski definition) is 0. The van der Waals surface area contributed by atoms with Crippen LogP contribution in [0, 0.1) is 10.1 Å². The number of carbonyl (C=O) groups excluding carboxylic acids is 1. The largest absolute Gasteiger partial charge is 0.481 e. The fraction of sp³-hybridized carbons (Fsp3) is 0.143. The third kappa shape index (κ3) is 5.51. The number of aldehydes is 1. The number of benzene rings is 1. The Morgan fingerprint density at radius 2 is 1.69 bits per heavy atom. The normalized spacial score (nSPS) is 11.1. The first kappa shape index (κ1) is 21.0. The number of carbonyl (C=O) groups is 1. The molecule has 0 bridgehead atoms. The zero-order valence-electron chi connectivity index (χ0n) is 13.0. The number of nitrogens with zero attached hydrogens (tertiary/aromatic N) is 2. The minimum absolute atomic E-state index is 0.00916.